The molecule has 4 N–H and O–H groups in total. The number of hydrogen-bond donors (Lipinski definition) is 3. The van der Waals surface area contributed by atoms with Gasteiger partial charge in [-0.1, -0.05) is 0 Å². The van der Waals surface area contributed by atoms with Crippen LogP contribution in [0, 0.1) is 13.8 Å². The van der Waals surface area contributed by atoms with Crippen molar-refractivity contribution in [1.29, 1.82) is 0 Å². The summed E-state index contributed by atoms with van der Waals surface area (Å²) in [6, 6.07) is 4.90. The van der Waals surface area contributed by atoms with Crippen molar-refractivity contribution >= 4 is 27.3 Å². The molecule has 130 valence electrons. The third kappa shape index (κ3) is 3.58. The molecule has 0 spiro atoms. The molecular weight excluding hydrogens is 342 g/mol. The van der Waals surface area contributed by atoms with Crippen LogP contribution in [0.3, 0.4) is 0 Å². The number of sulfone groups is 1. The third-order valence-electron chi connectivity index (χ3n) is 3.49. The maximum atomic E-state index is 11.7. The highest BCUT2D eigenvalue weighted by Gasteiger charge is 2.13. The van der Waals surface area contributed by atoms with Crippen LogP contribution in [0.15, 0.2) is 29.3 Å². The number of anilines is 3. The van der Waals surface area contributed by atoms with E-state index < -0.39 is 9.84 Å². The number of nitrogen functional groups attached to an aromatic ring is 1. The number of rotatable bonds is 4. The van der Waals surface area contributed by atoms with Crippen LogP contribution in [-0.4, -0.2) is 39.8 Å². The minimum absolute atomic E-state index is 0.237. The average molecular weight is 359 g/mol. The monoisotopic (exact) mass is 359 g/mol. The quantitative estimate of drug-likeness (QED) is 0.638. The number of H-pyrrole nitrogens is 1. The molecule has 0 radical (unpaired) electrons. The largest absolute Gasteiger partial charge is 0.383 e. The van der Waals surface area contributed by atoms with Gasteiger partial charge in [-0.2, -0.15) is 10.1 Å². The van der Waals surface area contributed by atoms with Crippen molar-refractivity contribution in [1.82, 2.24) is 25.1 Å². The molecule has 3 aromatic rings. The molecule has 0 aliphatic heterocycles. The molecule has 0 aliphatic rings. The molecule has 1 aromatic carbocycles. The lowest BCUT2D eigenvalue weighted by molar-refractivity contribution is 0.601. The van der Waals surface area contributed by atoms with Gasteiger partial charge in [0.2, 0.25) is 5.95 Å². The van der Waals surface area contributed by atoms with Gasteiger partial charge in [0.1, 0.15) is 11.6 Å². The normalized spacial score (nSPS) is 11.5. The predicted octanol–water partition coefficient (Wildman–Crippen LogP) is 1.61. The molecule has 0 unspecified atom stereocenters. The molecular formula is C15H17N7O2S. The number of aryl methyl sites for hydroxylation is 2. The van der Waals surface area contributed by atoms with E-state index >= 15 is 0 Å². The van der Waals surface area contributed by atoms with Crippen molar-refractivity contribution in [2.75, 3.05) is 17.3 Å². The van der Waals surface area contributed by atoms with E-state index in [4.69, 9.17) is 5.73 Å². The summed E-state index contributed by atoms with van der Waals surface area (Å²) in [5, 5.41) is 9.77. The molecule has 25 heavy (non-hydrogen) atoms. The molecule has 10 heteroatoms. The second kappa shape index (κ2) is 6.13. The molecule has 2 aromatic heterocycles. The zero-order valence-corrected chi connectivity index (χ0v) is 14.7. The summed E-state index contributed by atoms with van der Waals surface area (Å²) in [4.78, 5) is 12.9. The summed E-state index contributed by atoms with van der Waals surface area (Å²) in [6.45, 7) is 3.51. The third-order valence-corrected chi connectivity index (χ3v) is 4.74. The first kappa shape index (κ1) is 16.8. The van der Waals surface area contributed by atoms with Crippen LogP contribution >= 0.6 is 0 Å². The Bertz CT molecular complexity index is 1040. The van der Waals surface area contributed by atoms with Gasteiger partial charge in [0.05, 0.1) is 10.5 Å². The standard InChI is InChI=1S/C15H17N7O2S/c1-8-6-10(4-5-12(8)25(3,23)24)19-15-17-7-11(13(16)20-15)14-18-9(2)21-22-14/h4-7H,1-3H3,(H,18,21,22)(H3,16,17,19,20). The van der Waals surface area contributed by atoms with E-state index in [1.165, 1.54) is 12.5 Å². The van der Waals surface area contributed by atoms with E-state index in [1.54, 1.807) is 32.0 Å². The highest BCUT2D eigenvalue weighted by atomic mass is 32.2. The lowest BCUT2D eigenvalue weighted by Gasteiger charge is -2.09. The fourth-order valence-electron chi connectivity index (χ4n) is 2.36. The molecule has 9 nitrogen and oxygen atoms in total. The molecule has 3 rings (SSSR count). The summed E-state index contributed by atoms with van der Waals surface area (Å²) in [6.07, 6.45) is 2.71. The van der Waals surface area contributed by atoms with Crippen LogP contribution in [0.2, 0.25) is 0 Å². The number of aromatic amines is 1. The van der Waals surface area contributed by atoms with Gasteiger partial charge in [0.15, 0.2) is 15.7 Å². The first-order chi connectivity index (χ1) is 11.7. The summed E-state index contributed by atoms with van der Waals surface area (Å²) in [5.41, 5.74) is 7.78. The molecule has 0 saturated heterocycles. The molecule has 0 atom stereocenters. The van der Waals surface area contributed by atoms with Crippen molar-refractivity contribution in [3.05, 3.63) is 35.8 Å². The van der Waals surface area contributed by atoms with E-state index in [0.717, 1.165) is 0 Å². The van der Waals surface area contributed by atoms with Crippen LogP contribution < -0.4 is 11.1 Å². The predicted molar refractivity (Wildman–Crippen MR) is 94.1 cm³/mol. The van der Waals surface area contributed by atoms with E-state index in [0.29, 0.717) is 34.4 Å². The Labute approximate surface area is 144 Å². The van der Waals surface area contributed by atoms with E-state index in [1.807, 2.05) is 0 Å². The molecule has 0 amide bonds. The van der Waals surface area contributed by atoms with Crippen LogP contribution in [0.1, 0.15) is 11.4 Å². The molecule has 0 bridgehead atoms. The van der Waals surface area contributed by atoms with Gasteiger partial charge in [-0.05, 0) is 37.6 Å². The summed E-state index contributed by atoms with van der Waals surface area (Å²) >= 11 is 0. The first-order valence-corrected chi connectivity index (χ1v) is 9.23. The summed E-state index contributed by atoms with van der Waals surface area (Å²) < 4.78 is 23.3. The van der Waals surface area contributed by atoms with Gasteiger partial charge < -0.3 is 11.1 Å². The second-order valence-electron chi connectivity index (χ2n) is 5.61. The fourth-order valence-corrected chi connectivity index (χ4v) is 3.32. The van der Waals surface area contributed by atoms with Crippen molar-refractivity contribution in [3.8, 4) is 11.4 Å². The Hall–Kier alpha value is -3.01. The highest BCUT2D eigenvalue weighted by molar-refractivity contribution is 7.90. The van der Waals surface area contributed by atoms with E-state index in [9.17, 15) is 8.42 Å². The summed E-state index contributed by atoms with van der Waals surface area (Å²) in [7, 11) is -3.26. The zero-order valence-electron chi connectivity index (χ0n) is 13.9. The fraction of sp³-hybridized carbons (Fsp3) is 0.200. The van der Waals surface area contributed by atoms with Crippen LogP contribution in [0.25, 0.3) is 11.4 Å². The van der Waals surface area contributed by atoms with Crippen LogP contribution in [-0.2, 0) is 9.84 Å². The number of aromatic nitrogens is 5. The SMILES string of the molecule is Cc1nc(-c2cnc(Nc3ccc(S(C)(=O)=O)c(C)c3)nc2N)n[nH]1. The van der Waals surface area contributed by atoms with Gasteiger partial charge >= 0.3 is 0 Å². The van der Waals surface area contributed by atoms with Gasteiger partial charge in [-0.25, -0.2) is 18.4 Å². The Morgan fingerprint density at radius 3 is 2.52 bits per heavy atom. The summed E-state index contributed by atoms with van der Waals surface area (Å²) in [5.74, 6) is 1.62. The number of nitrogens with zero attached hydrogens (tertiary/aromatic N) is 4. The average Bonchev–Trinajstić information content (AvgIpc) is 2.92. The van der Waals surface area contributed by atoms with Crippen molar-refractivity contribution in [2.45, 2.75) is 18.7 Å². The molecule has 0 fully saturated rings. The molecule has 0 aliphatic carbocycles. The maximum absolute atomic E-state index is 11.7. The van der Waals surface area contributed by atoms with Gasteiger partial charge in [0.25, 0.3) is 0 Å². The highest BCUT2D eigenvalue weighted by Crippen LogP contribution is 2.24. The van der Waals surface area contributed by atoms with E-state index in [2.05, 4.69) is 30.5 Å². The lowest BCUT2D eigenvalue weighted by Crippen LogP contribution is -2.04. The molecule has 0 saturated carbocycles. The Morgan fingerprint density at radius 1 is 1.20 bits per heavy atom. The number of benzene rings is 1. The van der Waals surface area contributed by atoms with Crippen molar-refractivity contribution < 1.29 is 8.42 Å². The Morgan fingerprint density at radius 2 is 1.96 bits per heavy atom. The van der Waals surface area contributed by atoms with Gasteiger partial charge in [-0.3, -0.25) is 5.10 Å². The molecule has 2 heterocycles. The van der Waals surface area contributed by atoms with Gasteiger partial charge in [0, 0.05) is 18.1 Å². The lowest BCUT2D eigenvalue weighted by atomic mass is 10.2. The van der Waals surface area contributed by atoms with Crippen LogP contribution in [0.4, 0.5) is 17.5 Å². The van der Waals surface area contributed by atoms with E-state index in [-0.39, 0.29) is 10.7 Å². The smallest absolute Gasteiger partial charge is 0.229 e. The van der Waals surface area contributed by atoms with Crippen molar-refractivity contribution in [2.24, 2.45) is 0 Å². The minimum Gasteiger partial charge on any atom is -0.383 e. The van der Waals surface area contributed by atoms with Crippen molar-refractivity contribution in [3.63, 3.8) is 0 Å². The Balaban J connectivity index is 1.87. The first-order valence-electron chi connectivity index (χ1n) is 7.33. The second-order valence-corrected chi connectivity index (χ2v) is 7.60. The topological polar surface area (TPSA) is 140 Å². The Kier molecular flexibility index (Phi) is 4.13. The number of hydrogen-bond acceptors (Lipinski definition) is 8. The minimum atomic E-state index is -3.26. The maximum Gasteiger partial charge on any atom is 0.229 e. The van der Waals surface area contributed by atoms with Gasteiger partial charge in [-0.15, -0.1) is 0 Å². The van der Waals surface area contributed by atoms with Crippen LogP contribution in [0.5, 0.6) is 0 Å². The number of nitrogens with one attached hydrogen (secondary N) is 2. The number of nitrogens with two attached hydrogens (primary N) is 1. The zero-order chi connectivity index (χ0) is 18.2.